The zero-order valence-electron chi connectivity index (χ0n) is 13.0. The fourth-order valence-electron chi connectivity index (χ4n) is 2.83. The van der Waals surface area contributed by atoms with E-state index < -0.39 is 6.04 Å². The number of fused-ring (bicyclic) bond motifs is 1. The van der Waals surface area contributed by atoms with Crippen molar-refractivity contribution >= 4 is 11.8 Å². The lowest BCUT2D eigenvalue weighted by molar-refractivity contribution is -0.123. The number of amides is 2. The van der Waals surface area contributed by atoms with E-state index in [0.29, 0.717) is 5.56 Å². The maximum atomic E-state index is 12.3. The Morgan fingerprint density at radius 1 is 1.13 bits per heavy atom. The van der Waals surface area contributed by atoms with Crippen LogP contribution in [0.15, 0.2) is 48.8 Å². The van der Waals surface area contributed by atoms with Gasteiger partial charge >= 0.3 is 0 Å². The number of nitrogens with zero attached hydrogens (tertiary/aromatic N) is 1. The molecule has 0 bridgehead atoms. The Morgan fingerprint density at radius 2 is 1.83 bits per heavy atom. The van der Waals surface area contributed by atoms with E-state index in [-0.39, 0.29) is 17.9 Å². The molecular formula is C18H19N3O2. The Labute approximate surface area is 135 Å². The van der Waals surface area contributed by atoms with Crippen LogP contribution in [0.5, 0.6) is 0 Å². The summed E-state index contributed by atoms with van der Waals surface area (Å²) in [6, 6.07) is 11.1. The molecule has 1 heterocycles. The summed E-state index contributed by atoms with van der Waals surface area (Å²) < 4.78 is 0. The molecule has 23 heavy (non-hydrogen) atoms. The normalized spacial score (nSPS) is 14.8. The summed E-state index contributed by atoms with van der Waals surface area (Å²) in [5.41, 5.74) is 3.01. The van der Waals surface area contributed by atoms with Gasteiger partial charge < -0.3 is 10.6 Å². The molecule has 1 aromatic carbocycles. The van der Waals surface area contributed by atoms with Crippen LogP contribution in [0.4, 0.5) is 0 Å². The molecule has 0 radical (unpaired) electrons. The Kier molecular flexibility index (Phi) is 4.37. The summed E-state index contributed by atoms with van der Waals surface area (Å²) in [7, 11) is 0. The molecule has 1 aliphatic carbocycles. The molecule has 2 aromatic rings. The first kappa shape index (κ1) is 15.2. The number of carbonyl (C=O) groups is 2. The van der Waals surface area contributed by atoms with Gasteiger partial charge in [0.2, 0.25) is 5.91 Å². The Hall–Kier alpha value is -2.69. The molecule has 0 spiro atoms. The van der Waals surface area contributed by atoms with Crippen LogP contribution >= 0.6 is 0 Å². The zero-order valence-corrected chi connectivity index (χ0v) is 13.0. The fourth-order valence-corrected chi connectivity index (χ4v) is 2.83. The number of carbonyl (C=O) groups excluding carboxylic acids is 2. The van der Waals surface area contributed by atoms with Crippen LogP contribution in [-0.4, -0.2) is 28.9 Å². The van der Waals surface area contributed by atoms with Crippen LogP contribution < -0.4 is 10.6 Å². The highest BCUT2D eigenvalue weighted by molar-refractivity contribution is 5.97. The van der Waals surface area contributed by atoms with Crippen LogP contribution in [0.25, 0.3) is 0 Å². The summed E-state index contributed by atoms with van der Waals surface area (Å²) in [5, 5.41) is 5.71. The van der Waals surface area contributed by atoms with Crippen LogP contribution in [0.3, 0.4) is 0 Å². The molecular weight excluding hydrogens is 290 g/mol. The van der Waals surface area contributed by atoms with E-state index in [4.69, 9.17) is 0 Å². The second kappa shape index (κ2) is 6.60. The number of benzene rings is 1. The lowest BCUT2D eigenvalue weighted by Crippen LogP contribution is -2.48. The number of aromatic nitrogens is 1. The third-order valence-electron chi connectivity index (χ3n) is 4.06. The second-order valence-electron chi connectivity index (χ2n) is 5.82. The highest BCUT2D eigenvalue weighted by Crippen LogP contribution is 2.21. The van der Waals surface area contributed by atoms with Gasteiger partial charge in [-0.25, -0.2) is 0 Å². The molecule has 5 heteroatoms. The molecule has 1 aromatic heterocycles. The lowest BCUT2D eigenvalue weighted by Gasteiger charge is -2.17. The van der Waals surface area contributed by atoms with Crippen molar-refractivity contribution in [3.05, 3.63) is 65.5 Å². The molecule has 0 saturated carbocycles. The highest BCUT2D eigenvalue weighted by Gasteiger charge is 2.25. The lowest BCUT2D eigenvalue weighted by atomic mass is 10.1. The van der Waals surface area contributed by atoms with E-state index in [1.54, 1.807) is 25.3 Å². The SMILES string of the molecule is CC(NC(=O)c1cccnc1)C(=O)NC1Cc2ccccc2C1. The van der Waals surface area contributed by atoms with Gasteiger partial charge in [0, 0.05) is 18.4 Å². The molecule has 0 saturated heterocycles. The van der Waals surface area contributed by atoms with Crippen molar-refractivity contribution < 1.29 is 9.59 Å². The number of nitrogens with one attached hydrogen (secondary N) is 2. The third-order valence-corrected chi connectivity index (χ3v) is 4.06. The first-order valence-electron chi connectivity index (χ1n) is 7.71. The first-order valence-corrected chi connectivity index (χ1v) is 7.71. The summed E-state index contributed by atoms with van der Waals surface area (Å²) in [6.45, 7) is 1.69. The topological polar surface area (TPSA) is 71.1 Å². The van der Waals surface area contributed by atoms with Gasteiger partial charge in [-0.2, -0.15) is 0 Å². The number of hydrogen-bond donors (Lipinski definition) is 2. The Balaban J connectivity index is 1.54. The quantitative estimate of drug-likeness (QED) is 0.899. The molecule has 5 nitrogen and oxygen atoms in total. The predicted molar refractivity (Wildman–Crippen MR) is 86.9 cm³/mol. The van der Waals surface area contributed by atoms with Gasteiger partial charge in [-0.15, -0.1) is 0 Å². The molecule has 2 N–H and O–H groups in total. The van der Waals surface area contributed by atoms with Crippen molar-refractivity contribution in [1.29, 1.82) is 0 Å². The maximum absolute atomic E-state index is 12.3. The molecule has 1 atom stereocenters. The van der Waals surface area contributed by atoms with Crippen LogP contribution in [-0.2, 0) is 17.6 Å². The van der Waals surface area contributed by atoms with Crippen molar-refractivity contribution in [2.45, 2.75) is 31.8 Å². The number of hydrogen-bond acceptors (Lipinski definition) is 3. The smallest absolute Gasteiger partial charge is 0.253 e. The van der Waals surface area contributed by atoms with Crippen LogP contribution in [0.1, 0.15) is 28.4 Å². The largest absolute Gasteiger partial charge is 0.351 e. The molecule has 2 amide bonds. The van der Waals surface area contributed by atoms with Crippen molar-refractivity contribution in [2.24, 2.45) is 0 Å². The van der Waals surface area contributed by atoms with Gasteiger partial charge in [0.15, 0.2) is 0 Å². The Bertz CT molecular complexity index is 690. The minimum atomic E-state index is -0.591. The minimum absolute atomic E-state index is 0.0950. The summed E-state index contributed by atoms with van der Waals surface area (Å²) >= 11 is 0. The van der Waals surface area contributed by atoms with E-state index in [0.717, 1.165) is 12.8 Å². The van der Waals surface area contributed by atoms with Crippen molar-refractivity contribution in [3.63, 3.8) is 0 Å². The van der Waals surface area contributed by atoms with Crippen LogP contribution in [0, 0.1) is 0 Å². The van der Waals surface area contributed by atoms with Gasteiger partial charge in [-0.3, -0.25) is 14.6 Å². The van der Waals surface area contributed by atoms with Crippen molar-refractivity contribution in [1.82, 2.24) is 15.6 Å². The molecule has 118 valence electrons. The van der Waals surface area contributed by atoms with Gasteiger partial charge in [-0.05, 0) is 43.0 Å². The van der Waals surface area contributed by atoms with E-state index in [2.05, 4.69) is 27.8 Å². The summed E-state index contributed by atoms with van der Waals surface area (Å²) in [6.07, 6.45) is 4.76. The standard InChI is InChI=1S/C18H19N3O2/c1-12(20-18(23)15-7-4-8-19-11-15)17(22)21-16-9-13-5-2-3-6-14(13)10-16/h2-8,11-12,16H,9-10H2,1H3,(H,20,23)(H,21,22). The molecule has 1 aliphatic rings. The van der Waals surface area contributed by atoms with E-state index in [9.17, 15) is 9.59 Å². The van der Waals surface area contributed by atoms with E-state index >= 15 is 0 Å². The highest BCUT2D eigenvalue weighted by atomic mass is 16.2. The monoisotopic (exact) mass is 309 g/mol. The predicted octanol–water partition coefficient (Wildman–Crippen LogP) is 1.48. The maximum Gasteiger partial charge on any atom is 0.253 e. The number of pyridine rings is 1. The zero-order chi connectivity index (χ0) is 16.2. The van der Waals surface area contributed by atoms with Gasteiger partial charge in [0.05, 0.1) is 5.56 Å². The summed E-state index contributed by atoms with van der Waals surface area (Å²) in [4.78, 5) is 28.2. The first-order chi connectivity index (χ1) is 11.1. The van der Waals surface area contributed by atoms with Crippen molar-refractivity contribution in [2.75, 3.05) is 0 Å². The Morgan fingerprint density at radius 3 is 2.43 bits per heavy atom. The van der Waals surface area contributed by atoms with E-state index in [1.165, 1.54) is 17.3 Å². The minimum Gasteiger partial charge on any atom is -0.351 e. The molecule has 1 unspecified atom stereocenters. The second-order valence-corrected chi connectivity index (χ2v) is 5.82. The molecule has 0 aliphatic heterocycles. The van der Waals surface area contributed by atoms with Gasteiger partial charge in [0.1, 0.15) is 6.04 Å². The summed E-state index contributed by atoms with van der Waals surface area (Å²) in [5.74, 6) is -0.462. The fraction of sp³-hybridized carbons (Fsp3) is 0.278. The van der Waals surface area contributed by atoms with Gasteiger partial charge in [0.25, 0.3) is 5.91 Å². The average molecular weight is 309 g/mol. The molecule has 0 fully saturated rings. The number of rotatable bonds is 4. The third kappa shape index (κ3) is 3.56. The van der Waals surface area contributed by atoms with Crippen LogP contribution in [0.2, 0.25) is 0 Å². The van der Waals surface area contributed by atoms with Crippen molar-refractivity contribution in [3.8, 4) is 0 Å². The molecule has 3 rings (SSSR count). The average Bonchev–Trinajstić information content (AvgIpc) is 2.97. The van der Waals surface area contributed by atoms with Gasteiger partial charge in [-0.1, -0.05) is 24.3 Å². The van der Waals surface area contributed by atoms with E-state index in [1.807, 2.05) is 12.1 Å².